The number of nitrogens with zero attached hydrogens (tertiary/aromatic N) is 3. The molecule has 0 radical (unpaired) electrons. The zero-order chi connectivity index (χ0) is 22.0. The number of nitro groups is 1. The van der Waals surface area contributed by atoms with Gasteiger partial charge in [-0.2, -0.15) is 0 Å². The molecular weight excluding hydrogens is 422 g/mol. The van der Waals surface area contributed by atoms with Crippen molar-refractivity contribution in [2.75, 3.05) is 38.0 Å². The minimum absolute atomic E-state index is 0.0127. The number of hydrogen-bond donors (Lipinski definition) is 2. The van der Waals surface area contributed by atoms with Crippen LogP contribution in [-0.2, 0) is 4.79 Å². The maximum atomic E-state index is 12.8. The number of anilines is 1. The minimum atomic E-state index is -0.596. The Labute approximate surface area is 182 Å². The molecule has 1 aromatic heterocycles. The number of amides is 2. The van der Waals surface area contributed by atoms with Crippen LogP contribution in [0.3, 0.4) is 0 Å². The zero-order valence-corrected chi connectivity index (χ0v) is 17.3. The smallest absolute Gasteiger partial charge is 0.289 e. The lowest BCUT2D eigenvalue weighted by atomic mass is 10.2. The molecule has 1 aliphatic heterocycles. The summed E-state index contributed by atoms with van der Waals surface area (Å²) in [6.07, 6.45) is 0. The number of piperazine rings is 1. The molecule has 10 heteroatoms. The predicted octanol–water partition coefficient (Wildman–Crippen LogP) is 3.13. The van der Waals surface area contributed by atoms with E-state index in [0.29, 0.717) is 37.6 Å². The molecule has 0 saturated carbocycles. The second-order valence-electron chi connectivity index (χ2n) is 7.31. The number of aromatic amines is 1. The highest BCUT2D eigenvalue weighted by Gasteiger charge is 2.24. The molecule has 0 aliphatic carbocycles. The number of nitro benzene ring substituents is 1. The third-order valence-corrected chi connectivity index (χ3v) is 5.53. The summed E-state index contributed by atoms with van der Waals surface area (Å²) in [5.41, 5.74) is 1.53. The molecule has 0 bridgehead atoms. The van der Waals surface area contributed by atoms with Gasteiger partial charge >= 0.3 is 0 Å². The van der Waals surface area contributed by atoms with Crippen LogP contribution in [0.15, 0.2) is 48.5 Å². The Bertz CT molecular complexity index is 1120. The number of aromatic nitrogens is 1. The number of carbonyl (C=O) groups excluding carboxylic acids is 2. The van der Waals surface area contributed by atoms with E-state index >= 15 is 0 Å². The molecule has 2 aromatic carbocycles. The Hall–Kier alpha value is -3.43. The van der Waals surface area contributed by atoms with Crippen LogP contribution >= 0.6 is 11.6 Å². The molecule has 31 heavy (non-hydrogen) atoms. The van der Waals surface area contributed by atoms with E-state index in [4.69, 9.17) is 11.6 Å². The number of rotatable bonds is 5. The average molecular weight is 442 g/mol. The lowest BCUT2D eigenvalue weighted by molar-refractivity contribution is -0.384. The molecular formula is C21H20ClN5O4. The van der Waals surface area contributed by atoms with Crippen molar-refractivity contribution in [2.24, 2.45) is 0 Å². The summed E-state index contributed by atoms with van der Waals surface area (Å²) in [6, 6.07) is 13.7. The van der Waals surface area contributed by atoms with Gasteiger partial charge in [0, 0.05) is 48.8 Å². The van der Waals surface area contributed by atoms with Gasteiger partial charge in [-0.15, -0.1) is 0 Å². The Kier molecular flexibility index (Phi) is 5.88. The zero-order valence-electron chi connectivity index (χ0n) is 16.5. The maximum absolute atomic E-state index is 12.8. The number of fused-ring (bicyclic) bond motifs is 1. The highest BCUT2D eigenvalue weighted by molar-refractivity contribution is 6.32. The second kappa shape index (κ2) is 8.75. The monoisotopic (exact) mass is 441 g/mol. The van der Waals surface area contributed by atoms with Gasteiger partial charge in [-0.25, -0.2) is 0 Å². The van der Waals surface area contributed by atoms with Crippen molar-refractivity contribution in [1.82, 2.24) is 14.8 Å². The fraction of sp³-hybridized carbons (Fsp3) is 0.238. The fourth-order valence-electron chi connectivity index (χ4n) is 3.60. The molecule has 0 spiro atoms. The van der Waals surface area contributed by atoms with Gasteiger partial charge in [-0.3, -0.25) is 24.6 Å². The first kappa shape index (κ1) is 20.8. The van der Waals surface area contributed by atoms with Gasteiger partial charge in [0.25, 0.3) is 11.6 Å². The molecule has 9 nitrogen and oxygen atoms in total. The van der Waals surface area contributed by atoms with Crippen molar-refractivity contribution in [2.45, 2.75) is 0 Å². The van der Waals surface area contributed by atoms with Crippen LogP contribution in [-0.4, -0.2) is 64.2 Å². The van der Waals surface area contributed by atoms with E-state index in [1.165, 1.54) is 18.2 Å². The van der Waals surface area contributed by atoms with Crippen molar-refractivity contribution >= 4 is 45.7 Å². The summed E-state index contributed by atoms with van der Waals surface area (Å²) in [6.45, 7) is 2.26. The van der Waals surface area contributed by atoms with Gasteiger partial charge in [-0.1, -0.05) is 29.8 Å². The number of halogens is 1. The fourth-order valence-corrected chi connectivity index (χ4v) is 3.79. The predicted molar refractivity (Wildman–Crippen MR) is 117 cm³/mol. The topological polar surface area (TPSA) is 112 Å². The van der Waals surface area contributed by atoms with E-state index in [1.54, 1.807) is 4.90 Å². The number of nitrogens with one attached hydrogen (secondary N) is 2. The molecule has 160 valence electrons. The molecule has 1 fully saturated rings. The van der Waals surface area contributed by atoms with E-state index in [0.717, 1.165) is 10.9 Å². The molecule has 1 saturated heterocycles. The first-order valence-corrected chi connectivity index (χ1v) is 10.1. The summed E-state index contributed by atoms with van der Waals surface area (Å²) >= 11 is 5.79. The van der Waals surface area contributed by atoms with E-state index < -0.39 is 4.92 Å². The number of para-hydroxylation sites is 1. The molecule has 0 atom stereocenters. The van der Waals surface area contributed by atoms with Gasteiger partial charge < -0.3 is 15.2 Å². The largest absolute Gasteiger partial charge is 0.351 e. The Balaban J connectivity index is 1.30. The van der Waals surface area contributed by atoms with Crippen molar-refractivity contribution in [3.8, 4) is 0 Å². The summed E-state index contributed by atoms with van der Waals surface area (Å²) in [5, 5.41) is 14.6. The molecule has 4 rings (SSSR count). The van der Waals surface area contributed by atoms with Gasteiger partial charge in [0.1, 0.15) is 10.7 Å². The lowest BCUT2D eigenvalue weighted by Gasteiger charge is -2.34. The van der Waals surface area contributed by atoms with Crippen molar-refractivity contribution in [3.05, 3.63) is 69.4 Å². The Morgan fingerprint density at radius 1 is 1.10 bits per heavy atom. The molecule has 1 aliphatic rings. The molecule has 2 N–H and O–H groups in total. The number of H-pyrrole nitrogens is 1. The first-order chi connectivity index (χ1) is 14.9. The van der Waals surface area contributed by atoms with Crippen molar-refractivity contribution in [3.63, 3.8) is 0 Å². The van der Waals surface area contributed by atoms with E-state index in [2.05, 4.69) is 10.3 Å². The molecule has 0 unspecified atom stereocenters. The molecule has 2 heterocycles. The van der Waals surface area contributed by atoms with Crippen LogP contribution in [0.25, 0.3) is 10.9 Å². The van der Waals surface area contributed by atoms with Crippen molar-refractivity contribution in [1.29, 1.82) is 0 Å². The van der Waals surface area contributed by atoms with Gasteiger partial charge in [0.15, 0.2) is 0 Å². The standard InChI is InChI=1S/C21H20ClN5O4/c22-16-6-5-15(12-19(16)27(30)31)23-20(28)13-25-7-9-26(10-8-25)21(29)18-11-14-3-1-2-4-17(14)24-18/h1-6,11-12,24H,7-10,13H2,(H,23,28). The Morgan fingerprint density at radius 2 is 1.84 bits per heavy atom. The third kappa shape index (κ3) is 4.68. The quantitative estimate of drug-likeness (QED) is 0.466. The second-order valence-corrected chi connectivity index (χ2v) is 7.72. The highest BCUT2D eigenvalue weighted by Crippen LogP contribution is 2.27. The SMILES string of the molecule is O=C(CN1CCN(C(=O)c2cc3ccccc3[nH]2)CC1)Nc1ccc(Cl)c([N+](=O)[O-])c1. The van der Waals surface area contributed by atoms with Crippen LogP contribution in [0.2, 0.25) is 5.02 Å². The van der Waals surface area contributed by atoms with Gasteiger partial charge in [0.05, 0.1) is 11.5 Å². The molecule has 2 amide bonds. The minimum Gasteiger partial charge on any atom is -0.351 e. The summed E-state index contributed by atoms with van der Waals surface area (Å²) in [4.78, 5) is 42.4. The lowest BCUT2D eigenvalue weighted by Crippen LogP contribution is -2.50. The first-order valence-electron chi connectivity index (χ1n) is 9.74. The van der Waals surface area contributed by atoms with Crippen LogP contribution in [0, 0.1) is 10.1 Å². The summed E-state index contributed by atoms with van der Waals surface area (Å²) in [5.74, 6) is -0.346. The maximum Gasteiger partial charge on any atom is 0.289 e. The Morgan fingerprint density at radius 3 is 2.55 bits per heavy atom. The van der Waals surface area contributed by atoms with Crippen LogP contribution < -0.4 is 5.32 Å². The molecule has 3 aromatic rings. The van der Waals surface area contributed by atoms with Gasteiger partial charge in [0.2, 0.25) is 5.91 Å². The van der Waals surface area contributed by atoms with Crippen molar-refractivity contribution < 1.29 is 14.5 Å². The third-order valence-electron chi connectivity index (χ3n) is 5.21. The average Bonchev–Trinajstić information content (AvgIpc) is 3.19. The van der Waals surface area contributed by atoms with Crippen LogP contribution in [0.1, 0.15) is 10.5 Å². The van der Waals surface area contributed by atoms with Gasteiger partial charge in [-0.05, 0) is 24.3 Å². The number of benzene rings is 2. The number of hydrogen-bond acceptors (Lipinski definition) is 5. The number of carbonyl (C=O) groups is 2. The summed E-state index contributed by atoms with van der Waals surface area (Å²) in [7, 11) is 0. The normalized spacial score (nSPS) is 14.5. The van der Waals surface area contributed by atoms with Crippen LogP contribution in [0.5, 0.6) is 0 Å². The van der Waals surface area contributed by atoms with E-state index in [9.17, 15) is 19.7 Å². The summed E-state index contributed by atoms with van der Waals surface area (Å²) < 4.78 is 0. The van der Waals surface area contributed by atoms with Crippen LogP contribution in [0.4, 0.5) is 11.4 Å². The highest BCUT2D eigenvalue weighted by atomic mass is 35.5. The van der Waals surface area contributed by atoms with E-state index in [-0.39, 0.29) is 29.1 Å². The van der Waals surface area contributed by atoms with E-state index in [1.807, 2.05) is 35.2 Å².